The van der Waals surface area contributed by atoms with Gasteiger partial charge in [-0.1, -0.05) is 0 Å². The maximum Gasteiger partial charge on any atom is 0.407 e. The average molecular weight is 405 g/mol. The SMILES string of the molecule is CN(CCNC(=O)OC(C)(C)C)C(C(=O)O)N(C)CCNC(=O)OC(C)(C)C. The quantitative estimate of drug-likeness (QED) is 0.492. The second-order valence-corrected chi connectivity index (χ2v) is 8.53. The summed E-state index contributed by atoms with van der Waals surface area (Å²) in [6.07, 6.45) is -2.02. The van der Waals surface area contributed by atoms with Crippen LogP contribution in [0, 0.1) is 0 Å². The first-order valence-electron chi connectivity index (χ1n) is 9.19. The third-order valence-corrected chi connectivity index (χ3v) is 3.32. The van der Waals surface area contributed by atoms with Crippen LogP contribution in [-0.4, -0.2) is 90.7 Å². The Bertz CT molecular complexity index is 487. The van der Waals surface area contributed by atoms with Gasteiger partial charge in [0.15, 0.2) is 6.17 Å². The minimum atomic E-state index is -1.03. The van der Waals surface area contributed by atoms with Crippen molar-refractivity contribution < 1.29 is 29.0 Å². The molecule has 0 aromatic carbocycles. The van der Waals surface area contributed by atoms with E-state index in [1.54, 1.807) is 65.4 Å². The van der Waals surface area contributed by atoms with Crippen LogP contribution < -0.4 is 10.6 Å². The summed E-state index contributed by atoms with van der Waals surface area (Å²) in [6, 6.07) is 0. The minimum Gasteiger partial charge on any atom is -0.479 e. The molecule has 0 radical (unpaired) electrons. The van der Waals surface area contributed by atoms with E-state index in [-0.39, 0.29) is 13.1 Å². The first-order chi connectivity index (χ1) is 12.6. The summed E-state index contributed by atoms with van der Waals surface area (Å²) in [5.74, 6) is -1.03. The van der Waals surface area contributed by atoms with Crippen LogP contribution in [0.15, 0.2) is 0 Å². The average Bonchev–Trinajstić information content (AvgIpc) is 2.42. The molecule has 28 heavy (non-hydrogen) atoms. The lowest BCUT2D eigenvalue weighted by Gasteiger charge is -2.32. The third-order valence-electron chi connectivity index (χ3n) is 3.32. The van der Waals surface area contributed by atoms with E-state index in [1.807, 2.05) is 0 Å². The topological polar surface area (TPSA) is 120 Å². The number of hydrogen-bond acceptors (Lipinski definition) is 7. The Morgan fingerprint density at radius 2 is 1.14 bits per heavy atom. The number of alkyl carbamates (subject to hydrolysis) is 2. The molecule has 0 fully saturated rings. The summed E-state index contributed by atoms with van der Waals surface area (Å²) in [5.41, 5.74) is -1.19. The van der Waals surface area contributed by atoms with Gasteiger partial charge in [0.25, 0.3) is 0 Å². The Kier molecular flexibility index (Phi) is 10.2. The predicted octanol–water partition coefficient (Wildman–Crippen LogP) is 1.31. The molecule has 0 aliphatic heterocycles. The van der Waals surface area contributed by atoms with Gasteiger partial charge in [0.2, 0.25) is 0 Å². The van der Waals surface area contributed by atoms with E-state index < -0.39 is 35.5 Å². The summed E-state index contributed by atoms with van der Waals surface area (Å²) in [5, 5.41) is 14.7. The van der Waals surface area contributed by atoms with E-state index in [9.17, 15) is 19.5 Å². The number of carboxylic acid groups (broad SMARTS) is 1. The second-order valence-electron chi connectivity index (χ2n) is 8.53. The Balaban J connectivity index is 4.45. The van der Waals surface area contributed by atoms with Crippen molar-refractivity contribution in [1.82, 2.24) is 20.4 Å². The maximum atomic E-state index is 11.7. The summed E-state index contributed by atoms with van der Waals surface area (Å²) in [6.45, 7) is 11.7. The molecule has 0 saturated heterocycles. The number of likely N-dealkylation sites (N-methyl/N-ethyl adjacent to an activating group) is 2. The van der Waals surface area contributed by atoms with E-state index in [0.717, 1.165) is 0 Å². The smallest absolute Gasteiger partial charge is 0.407 e. The van der Waals surface area contributed by atoms with E-state index in [4.69, 9.17) is 9.47 Å². The number of nitrogens with zero attached hydrogens (tertiary/aromatic N) is 2. The zero-order chi connectivity index (χ0) is 22.1. The molecular weight excluding hydrogens is 368 g/mol. The highest BCUT2D eigenvalue weighted by atomic mass is 16.6. The van der Waals surface area contributed by atoms with Crippen molar-refractivity contribution in [2.24, 2.45) is 0 Å². The van der Waals surface area contributed by atoms with Crippen LogP contribution in [0.25, 0.3) is 0 Å². The summed E-state index contributed by atoms with van der Waals surface area (Å²) in [4.78, 5) is 38.1. The molecule has 164 valence electrons. The van der Waals surface area contributed by atoms with E-state index in [0.29, 0.717) is 13.1 Å². The lowest BCUT2D eigenvalue weighted by molar-refractivity contribution is -0.149. The monoisotopic (exact) mass is 404 g/mol. The lowest BCUT2D eigenvalue weighted by Crippen LogP contribution is -2.53. The number of carbonyl (C=O) groups excluding carboxylic acids is 2. The molecular formula is C18H36N4O6. The number of hydrogen-bond donors (Lipinski definition) is 3. The van der Waals surface area contributed by atoms with Gasteiger partial charge >= 0.3 is 18.2 Å². The molecule has 0 aliphatic rings. The second kappa shape index (κ2) is 11.1. The lowest BCUT2D eigenvalue weighted by atomic mass is 10.2. The number of nitrogens with one attached hydrogen (secondary N) is 2. The fraction of sp³-hybridized carbons (Fsp3) is 0.833. The fourth-order valence-corrected chi connectivity index (χ4v) is 2.26. The zero-order valence-electron chi connectivity index (χ0n) is 18.3. The maximum absolute atomic E-state index is 11.7. The Morgan fingerprint density at radius 1 is 0.821 bits per heavy atom. The number of amides is 2. The summed E-state index contributed by atoms with van der Waals surface area (Å²) < 4.78 is 10.3. The van der Waals surface area contributed by atoms with Crippen molar-refractivity contribution in [1.29, 1.82) is 0 Å². The third kappa shape index (κ3) is 12.3. The molecule has 0 unspecified atom stereocenters. The number of carboxylic acids is 1. The van der Waals surface area contributed by atoms with Crippen molar-refractivity contribution in [3.63, 3.8) is 0 Å². The largest absolute Gasteiger partial charge is 0.479 e. The molecule has 2 amide bonds. The molecule has 0 spiro atoms. The van der Waals surface area contributed by atoms with Gasteiger partial charge in [-0.3, -0.25) is 9.80 Å². The normalized spacial score (nSPS) is 12.2. The van der Waals surface area contributed by atoms with Crippen LogP contribution in [0.5, 0.6) is 0 Å². The summed E-state index contributed by atoms with van der Waals surface area (Å²) in [7, 11) is 3.29. The molecule has 0 rings (SSSR count). The van der Waals surface area contributed by atoms with Crippen LogP contribution >= 0.6 is 0 Å². The fourth-order valence-electron chi connectivity index (χ4n) is 2.26. The van der Waals surface area contributed by atoms with Crippen LogP contribution in [0.2, 0.25) is 0 Å². The predicted molar refractivity (Wildman–Crippen MR) is 105 cm³/mol. The van der Waals surface area contributed by atoms with Gasteiger partial charge in [-0.25, -0.2) is 14.4 Å². The van der Waals surface area contributed by atoms with E-state index in [1.165, 1.54) is 0 Å². The highest BCUT2D eigenvalue weighted by Crippen LogP contribution is 2.07. The molecule has 3 N–H and O–H groups in total. The molecule has 0 bridgehead atoms. The van der Waals surface area contributed by atoms with Gasteiger partial charge in [-0.2, -0.15) is 0 Å². The molecule has 0 aromatic heterocycles. The van der Waals surface area contributed by atoms with Crippen LogP contribution in [0.1, 0.15) is 41.5 Å². The number of aliphatic carboxylic acids is 1. The summed E-state index contributed by atoms with van der Waals surface area (Å²) >= 11 is 0. The van der Waals surface area contributed by atoms with Crippen molar-refractivity contribution in [2.45, 2.75) is 58.9 Å². The minimum absolute atomic E-state index is 0.235. The molecule has 0 aromatic rings. The molecule has 10 nitrogen and oxygen atoms in total. The molecule has 0 saturated carbocycles. The Morgan fingerprint density at radius 3 is 1.39 bits per heavy atom. The van der Waals surface area contributed by atoms with Crippen LogP contribution in [0.4, 0.5) is 9.59 Å². The highest BCUT2D eigenvalue weighted by Gasteiger charge is 2.27. The Labute approximate surface area is 167 Å². The van der Waals surface area contributed by atoms with Crippen LogP contribution in [-0.2, 0) is 14.3 Å². The number of rotatable bonds is 9. The van der Waals surface area contributed by atoms with E-state index >= 15 is 0 Å². The first kappa shape index (κ1) is 25.9. The van der Waals surface area contributed by atoms with Gasteiger partial charge in [0, 0.05) is 26.2 Å². The number of ether oxygens (including phenoxy) is 2. The molecule has 0 atom stereocenters. The van der Waals surface area contributed by atoms with Crippen molar-refractivity contribution in [3.8, 4) is 0 Å². The van der Waals surface area contributed by atoms with Gasteiger partial charge in [-0.05, 0) is 55.6 Å². The van der Waals surface area contributed by atoms with Crippen molar-refractivity contribution in [2.75, 3.05) is 40.3 Å². The standard InChI is InChI=1S/C18H36N4O6/c1-17(2,3)27-15(25)19-9-11-21(7)13(14(23)24)22(8)12-10-20-16(26)28-18(4,5)6/h13H,9-12H2,1-8H3,(H,19,25)(H,20,26)(H,23,24). The first-order valence-corrected chi connectivity index (χ1v) is 9.19. The van der Waals surface area contributed by atoms with E-state index in [2.05, 4.69) is 10.6 Å². The van der Waals surface area contributed by atoms with Gasteiger partial charge in [-0.15, -0.1) is 0 Å². The van der Waals surface area contributed by atoms with Gasteiger partial charge < -0.3 is 25.2 Å². The van der Waals surface area contributed by atoms with Gasteiger partial charge in [0.05, 0.1) is 0 Å². The van der Waals surface area contributed by atoms with Crippen molar-refractivity contribution >= 4 is 18.2 Å². The zero-order valence-corrected chi connectivity index (χ0v) is 18.3. The molecule has 0 heterocycles. The van der Waals surface area contributed by atoms with Gasteiger partial charge in [0.1, 0.15) is 11.2 Å². The number of carbonyl (C=O) groups is 3. The molecule has 0 aliphatic carbocycles. The van der Waals surface area contributed by atoms with Crippen molar-refractivity contribution in [3.05, 3.63) is 0 Å². The Hall–Kier alpha value is -2.07. The highest BCUT2D eigenvalue weighted by molar-refractivity contribution is 5.73. The van der Waals surface area contributed by atoms with Crippen LogP contribution in [0.3, 0.4) is 0 Å². The molecule has 10 heteroatoms.